The fraction of sp³-hybridized carbons (Fsp3) is 0.565. The predicted molar refractivity (Wildman–Crippen MR) is 132 cm³/mol. The third kappa shape index (κ3) is 6.30. The second-order valence-corrected chi connectivity index (χ2v) is 11.5. The molecule has 10 heteroatoms. The van der Waals surface area contributed by atoms with Crippen LogP contribution in [-0.4, -0.2) is 87.0 Å². The van der Waals surface area contributed by atoms with E-state index in [2.05, 4.69) is 4.99 Å². The van der Waals surface area contributed by atoms with Crippen LogP contribution in [0, 0.1) is 0 Å². The minimum absolute atomic E-state index is 0.0769. The van der Waals surface area contributed by atoms with Crippen molar-refractivity contribution in [1.82, 2.24) is 9.80 Å². The number of aliphatic hydroxyl groups excluding tert-OH is 1. The molecule has 3 aliphatic heterocycles. The van der Waals surface area contributed by atoms with Gasteiger partial charge in [0.05, 0.1) is 18.8 Å². The number of carbonyl (C=O) groups is 2. The van der Waals surface area contributed by atoms with Crippen molar-refractivity contribution in [2.75, 3.05) is 32.8 Å². The number of aliphatic imine (C=N–C) groups is 1. The van der Waals surface area contributed by atoms with Crippen LogP contribution in [0.25, 0.3) is 0 Å². The number of aliphatic hydroxyl groups is 1. The summed E-state index contributed by atoms with van der Waals surface area (Å²) in [4.78, 5) is 32.5. The van der Waals surface area contributed by atoms with Crippen molar-refractivity contribution in [3.8, 4) is 0 Å². The minimum atomic E-state index is -0.684. The Kier molecular flexibility index (Phi) is 7.34. The number of halogens is 1. The van der Waals surface area contributed by atoms with Crippen molar-refractivity contribution in [1.29, 1.82) is 0 Å². The quantitative estimate of drug-likeness (QED) is 0.546. The molecule has 180 valence electrons. The maximum Gasteiger partial charge on any atom is 0.410 e. The summed E-state index contributed by atoms with van der Waals surface area (Å²) in [6.07, 6.45) is 0.948. The standard InChI is InChI=1S/C23H30IN3O6/c1-23(2,3)32-22(30)26-10-8-18(9-11-26)31-14-19-24-33-20(25-19)15-4-6-16(7-5-15)21(29)27-12-17(28)13-27/h4-7,17-18,28H,8-14H2,1-3H3. The van der Waals surface area contributed by atoms with Crippen LogP contribution in [-0.2, 0) is 12.5 Å². The summed E-state index contributed by atoms with van der Waals surface area (Å²) >= 11 is -0.684. The molecule has 33 heavy (non-hydrogen) atoms. The van der Waals surface area contributed by atoms with Crippen LogP contribution in [0.1, 0.15) is 49.5 Å². The Morgan fingerprint density at radius 3 is 2.42 bits per heavy atom. The van der Waals surface area contributed by atoms with Crippen LogP contribution in [0.2, 0.25) is 0 Å². The fourth-order valence-corrected chi connectivity index (χ4v) is 5.11. The average Bonchev–Trinajstić information content (AvgIpc) is 3.23. The molecule has 2 saturated heterocycles. The molecule has 0 saturated carbocycles. The zero-order chi connectivity index (χ0) is 23.6. The molecular formula is C23H30IN3O6. The molecule has 0 bridgehead atoms. The molecule has 3 heterocycles. The highest BCUT2D eigenvalue weighted by molar-refractivity contribution is 14.2. The van der Waals surface area contributed by atoms with Crippen LogP contribution < -0.4 is 0 Å². The van der Waals surface area contributed by atoms with E-state index in [9.17, 15) is 14.7 Å². The third-order valence-electron chi connectivity index (χ3n) is 5.48. The molecule has 3 aliphatic rings. The van der Waals surface area contributed by atoms with E-state index in [4.69, 9.17) is 12.5 Å². The van der Waals surface area contributed by atoms with Gasteiger partial charge in [-0.1, -0.05) is 0 Å². The lowest BCUT2D eigenvalue weighted by atomic mass is 10.1. The summed E-state index contributed by atoms with van der Waals surface area (Å²) in [6, 6.07) is 7.20. The Labute approximate surface area is 204 Å². The Morgan fingerprint density at radius 1 is 1.15 bits per heavy atom. The van der Waals surface area contributed by atoms with Crippen molar-refractivity contribution in [3.63, 3.8) is 0 Å². The normalized spacial score (nSPS) is 19.8. The summed E-state index contributed by atoms with van der Waals surface area (Å²) in [5.41, 5.74) is 0.927. The van der Waals surface area contributed by atoms with Crippen molar-refractivity contribution in [2.45, 2.75) is 51.4 Å². The third-order valence-corrected chi connectivity index (χ3v) is 7.18. The van der Waals surface area contributed by atoms with E-state index < -0.39 is 32.9 Å². The van der Waals surface area contributed by atoms with Gasteiger partial charge < -0.3 is 27.4 Å². The number of hydrogen-bond acceptors (Lipinski definition) is 7. The van der Waals surface area contributed by atoms with Gasteiger partial charge in [-0.25, -0.2) is 9.79 Å². The van der Waals surface area contributed by atoms with E-state index in [1.807, 2.05) is 32.9 Å². The van der Waals surface area contributed by atoms with E-state index in [1.54, 1.807) is 21.9 Å². The highest BCUT2D eigenvalue weighted by Crippen LogP contribution is 2.22. The van der Waals surface area contributed by atoms with Crippen LogP contribution in [0.4, 0.5) is 4.79 Å². The molecule has 4 rings (SSSR count). The van der Waals surface area contributed by atoms with Gasteiger partial charge in [0.15, 0.2) is 0 Å². The van der Waals surface area contributed by atoms with Gasteiger partial charge in [-0.2, -0.15) is 0 Å². The summed E-state index contributed by atoms with van der Waals surface area (Å²) in [6.45, 7) is 8.06. The zero-order valence-corrected chi connectivity index (χ0v) is 21.3. The first-order chi connectivity index (χ1) is 15.7. The first-order valence-corrected chi connectivity index (χ1v) is 13.1. The topological polar surface area (TPSA) is 101 Å². The molecule has 0 radical (unpaired) electrons. The molecule has 1 aromatic rings. The number of rotatable bonds is 5. The SMILES string of the molecule is CC(C)(C)OC(=O)N1CCC(OCC2=IOC(c3ccc(C(=O)N4CC(O)C4)cc3)=N2)CC1. The van der Waals surface area contributed by atoms with Gasteiger partial charge >= 0.3 is 6.09 Å². The van der Waals surface area contributed by atoms with Crippen molar-refractivity contribution in [2.24, 2.45) is 4.99 Å². The molecular weight excluding hydrogens is 541 g/mol. The maximum atomic E-state index is 12.3. The van der Waals surface area contributed by atoms with E-state index in [-0.39, 0.29) is 18.1 Å². The smallest absolute Gasteiger partial charge is 0.410 e. The summed E-state index contributed by atoms with van der Waals surface area (Å²) in [7, 11) is 0. The largest absolute Gasteiger partial charge is 0.444 e. The lowest BCUT2D eigenvalue weighted by Crippen LogP contribution is -2.53. The molecule has 0 unspecified atom stereocenters. The number of benzene rings is 1. The van der Waals surface area contributed by atoms with E-state index >= 15 is 0 Å². The van der Waals surface area contributed by atoms with Crippen molar-refractivity contribution < 1.29 is 27.2 Å². The number of hydrogen-bond donors (Lipinski definition) is 1. The van der Waals surface area contributed by atoms with Gasteiger partial charge in [0.1, 0.15) is 30.4 Å². The first-order valence-electron chi connectivity index (χ1n) is 11.1. The summed E-state index contributed by atoms with van der Waals surface area (Å²) < 4.78 is 18.2. The molecule has 1 aromatic carbocycles. The molecule has 0 aromatic heterocycles. The fourth-order valence-electron chi connectivity index (χ4n) is 3.67. The molecule has 0 spiro atoms. The highest BCUT2D eigenvalue weighted by atomic mass is 127. The van der Waals surface area contributed by atoms with Gasteiger partial charge in [0.2, 0.25) is 5.90 Å². The van der Waals surface area contributed by atoms with E-state index in [1.165, 1.54) is 0 Å². The van der Waals surface area contributed by atoms with Crippen molar-refractivity contribution in [3.05, 3.63) is 35.4 Å². The Balaban J connectivity index is 1.22. The number of carbonyl (C=O) groups excluding carboxylic acids is 2. The number of amides is 2. The predicted octanol–water partition coefficient (Wildman–Crippen LogP) is 2.71. The van der Waals surface area contributed by atoms with Gasteiger partial charge in [-0.05, 0) is 57.9 Å². The maximum absolute atomic E-state index is 12.3. The first kappa shape index (κ1) is 24.1. The number of piperidine rings is 1. The van der Waals surface area contributed by atoms with Crippen LogP contribution in [0.3, 0.4) is 0 Å². The zero-order valence-electron chi connectivity index (χ0n) is 19.1. The van der Waals surface area contributed by atoms with Gasteiger partial charge in [0.25, 0.3) is 5.91 Å². The molecule has 2 fully saturated rings. The van der Waals surface area contributed by atoms with Crippen LogP contribution in [0.5, 0.6) is 0 Å². The number of nitrogens with zero attached hydrogens (tertiary/aromatic N) is 3. The second-order valence-electron chi connectivity index (χ2n) is 9.37. The molecule has 0 aliphatic carbocycles. The molecule has 9 nitrogen and oxygen atoms in total. The number of likely N-dealkylation sites (tertiary alicyclic amines) is 2. The number of β-amino-alcohol motifs (C(OH)–C–C–N with tert-alkyl or cyclic N) is 1. The van der Waals surface area contributed by atoms with Gasteiger partial charge in [0, 0.05) is 37.3 Å². The lowest BCUT2D eigenvalue weighted by molar-refractivity contribution is -0.00266. The Morgan fingerprint density at radius 2 is 1.82 bits per heavy atom. The second kappa shape index (κ2) is 10.1. The minimum Gasteiger partial charge on any atom is -0.444 e. The summed E-state index contributed by atoms with van der Waals surface area (Å²) in [5, 5.41) is 9.37. The Bertz CT molecular complexity index is 942. The molecule has 0 atom stereocenters. The average molecular weight is 571 g/mol. The van der Waals surface area contributed by atoms with Crippen LogP contribution >= 0.6 is 21.1 Å². The Hall–Kier alpha value is -2.05. The molecule has 2 amide bonds. The van der Waals surface area contributed by atoms with E-state index in [0.717, 1.165) is 22.0 Å². The van der Waals surface area contributed by atoms with Crippen LogP contribution in [0.15, 0.2) is 29.3 Å². The summed E-state index contributed by atoms with van der Waals surface area (Å²) in [5.74, 6) is 0.492. The lowest BCUT2D eigenvalue weighted by Gasteiger charge is -2.35. The molecule has 1 N–H and O–H groups in total. The van der Waals surface area contributed by atoms with Gasteiger partial charge in [-0.15, -0.1) is 0 Å². The van der Waals surface area contributed by atoms with Crippen molar-refractivity contribution >= 4 is 42.7 Å². The highest BCUT2D eigenvalue weighted by Gasteiger charge is 2.30. The monoisotopic (exact) mass is 571 g/mol. The number of ether oxygens (including phenoxy) is 2. The van der Waals surface area contributed by atoms with Gasteiger partial charge in [-0.3, -0.25) is 4.79 Å². The van der Waals surface area contributed by atoms with E-state index in [0.29, 0.717) is 44.2 Å².